The Kier molecular flexibility index (Phi) is 4.93. The molecule has 100 valence electrons. The Morgan fingerprint density at radius 3 is 2.58 bits per heavy atom. The van der Waals surface area contributed by atoms with E-state index in [-0.39, 0.29) is 0 Å². The number of pyridine rings is 1. The number of ether oxygens (including phenoxy) is 1. The Morgan fingerprint density at radius 2 is 1.89 bits per heavy atom. The van der Waals surface area contributed by atoms with Gasteiger partial charge in [-0.15, -0.1) is 0 Å². The van der Waals surface area contributed by atoms with Gasteiger partial charge in [0.15, 0.2) is 0 Å². The van der Waals surface area contributed by atoms with E-state index in [0.717, 1.165) is 30.8 Å². The highest BCUT2D eigenvalue weighted by atomic mass is 16.5. The van der Waals surface area contributed by atoms with E-state index in [2.05, 4.69) is 36.3 Å². The largest absolute Gasteiger partial charge is 0.439 e. The first kappa shape index (κ1) is 13.6. The molecule has 3 nitrogen and oxygen atoms in total. The first-order valence-electron chi connectivity index (χ1n) is 6.75. The zero-order valence-corrected chi connectivity index (χ0v) is 11.5. The molecule has 0 aliphatic carbocycles. The molecule has 0 radical (unpaired) electrons. The number of aryl methyl sites for hydroxylation is 1. The highest BCUT2D eigenvalue weighted by Crippen LogP contribution is 2.23. The summed E-state index contributed by atoms with van der Waals surface area (Å²) in [6, 6.07) is 12.1. The summed E-state index contributed by atoms with van der Waals surface area (Å²) in [5.41, 5.74) is 2.38. The average Bonchev–Trinajstić information content (AvgIpc) is 2.47. The second-order valence-corrected chi connectivity index (χ2v) is 4.35. The van der Waals surface area contributed by atoms with Gasteiger partial charge in [-0.25, -0.2) is 4.98 Å². The Bertz CT molecular complexity index is 508. The van der Waals surface area contributed by atoms with E-state index in [1.807, 2.05) is 24.3 Å². The van der Waals surface area contributed by atoms with Crippen molar-refractivity contribution in [1.29, 1.82) is 0 Å². The third kappa shape index (κ3) is 3.80. The zero-order valence-electron chi connectivity index (χ0n) is 11.5. The van der Waals surface area contributed by atoms with E-state index in [9.17, 15) is 0 Å². The highest BCUT2D eigenvalue weighted by molar-refractivity contribution is 5.33. The lowest BCUT2D eigenvalue weighted by Gasteiger charge is -2.10. The van der Waals surface area contributed by atoms with Gasteiger partial charge in [-0.05, 0) is 36.7 Å². The van der Waals surface area contributed by atoms with Gasteiger partial charge in [0.05, 0.1) is 0 Å². The Morgan fingerprint density at radius 1 is 1.11 bits per heavy atom. The molecule has 19 heavy (non-hydrogen) atoms. The molecular weight excluding hydrogens is 236 g/mol. The van der Waals surface area contributed by atoms with Crippen molar-refractivity contribution in [3.05, 3.63) is 53.7 Å². The van der Waals surface area contributed by atoms with Crippen LogP contribution in [0.3, 0.4) is 0 Å². The maximum absolute atomic E-state index is 5.85. The molecule has 3 heteroatoms. The SMILES string of the molecule is CCNCc1cccnc1Oc1ccc(CC)cc1. The molecule has 2 aromatic rings. The predicted molar refractivity (Wildman–Crippen MR) is 77.5 cm³/mol. The minimum atomic E-state index is 0.674. The van der Waals surface area contributed by atoms with Crippen LogP contribution in [0.2, 0.25) is 0 Å². The van der Waals surface area contributed by atoms with Gasteiger partial charge < -0.3 is 10.1 Å². The normalized spacial score (nSPS) is 10.4. The monoisotopic (exact) mass is 256 g/mol. The van der Waals surface area contributed by atoms with Gasteiger partial charge in [0.25, 0.3) is 0 Å². The summed E-state index contributed by atoms with van der Waals surface area (Å²) in [7, 11) is 0. The lowest BCUT2D eigenvalue weighted by molar-refractivity contribution is 0.453. The summed E-state index contributed by atoms with van der Waals surface area (Å²) in [5, 5.41) is 3.29. The fraction of sp³-hybridized carbons (Fsp3) is 0.312. The lowest BCUT2D eigenvalue weighted by Crippen LogP contribution is -2.12. The van der Waals surface area contributed by atoms with E-state index in [0.29, 0.717) is 5.88 Å². The molecule has 1 aromatic carbocycles. The number of aromatic nitrogens is 1. The van der Waals surface area contributed by atoms with Crippen LogP contribution in [0.15, 0.2) is 42.6 Å². The third-order valence-corrected chi connectivity index (χ3v) is 2.96. The smallest absolute Gasteiger partial charge is 0.223 e. The summed E-state index contributed by atoms with van der Waals surface area (Å²) >= 11 is 0. The predicted octanol–water partition coefficient (Wildman–Crippen LogP) is 3.55. The molecular formula is C16H20N2O. The Hall–Kier alpha value is -1.87. The fourth-order valence-corrected chi connectivity index (χ4v) is 1.82. The van der Waals surface area contributed by atoms with Gasteiger partial charge in [0.2, 0.25) is 5.88 Å². The maximum Gasteiger partial charge on any atom is 0.223 e. The average molecular weight is 256 g/mol. The van der Waals surface area contributed by atoms with Crippen molar-refractivity contribution in [1.82, 2.24) is 10.3 Å². The number of nitrogens with one attached hydrogen (secondary N) is 1. The van der Waals surface area contributed by atoms with Gasteiger partial charge in [0.1, 0.15) is 5.75 Å². The second-order valence-electron chi connectivity index (χ2n) is 4.35. The van der Waals surface area contributed by atoms with Crippen molar-refractivity contribution in [2.45, 2.75) is 26.8 Å². The lowest BCUT2D eigenvalue weighted by atomic mass is 10.2. The molecule has 0 saturated carbocycles. The van der Waals surface area contributed by atoms with E-state index >= 15 is 0 Å². The van der Waals surface area contributed by atoms with Gasteiger partial charge in [0, 0.05) is 18.3 Å². The molecule has 1 N–H and O–H groups in total. The van der Waals surface area contributed by atoms with Crippen molar-refractivity contribution in [3.8, 4) is 11.6 Å². The Labute approximate surface area is 114 Å². The van der Waals surface area contributed by atoms with Gasteiger partial charge in [-0.2, -0.15) is 0 Å². The molecule has 0 bridgehead atoms. The number of rotatable bonds is 6. The molecule has 2 rings (SSSR count). The summed E-state index contributed by atoms with van der Waals surface area (Å²) in [6.07, 6.45) is 2.79. The second kappa shape index (κ2) is 6.90. The topological polar surface area (TPSA) is 34.2 Å². The standard InChI is InChI=1S/C16H20N2O/c1-3-13-7-9-15(10-8-13)19-16-14(12-17-4-2)6-5-11-18-16/h5-11,17H,3-4,12H2,1-2H3. The van der Waals surface area contributed by atoms with Crippen molar-refractivity contribution in [3.63, 3.8) is 0 Å². The van der Waals surface area contributed by atoms with Crippen molar-refractivity contribution >= 4 is 0 Å². The molecule has 0 aliphatic rings. The molecule has 0 amide bonds. The van der Waals surface area contributed by atoms with E-state index in [1.54, 1.807) is 6.20 Å². The Balaban J connectivity index is 2.12. The van der Waals surface area contributed by atoms with Crippen LogP contribution in [-0.4, -0.2) is 11.5 Å². The zero-order chi connectivity index (χ0) is 13.5. The minimum absolute atomic E-state index is 0.674. The number of hydrogen-bond donors (Lipinski definition) is 1. The highest BCUT2D eigenvalue weighted by Gasteiger charge is 2.05. The van der Waals surface area contributed by atoms with Crippen LogP contribution in [0.1, 0.15) is 25.0 Å². The summed E-state index contributed by atoms with van der Waals surface area (Å²) in [5.74, 6) is 1.50. The van der Waals surface area contributed by atoms with Gasteiger partial charge >= 0.3 is 0 Å². The molecule has 0 saturated heterocycles. The first-order valence-corrected chi connectivity index (χ1v) is 6.75. The minimum Gasteiger partial charge on any atom is -0.439 e. The molecule has 0 unspecified atom stereocenters. The van der Waals surface area contributed by atoms with Crippen molar-refractivity contribution < 1.29 is 4.74 Å². The number of nitrogens with zero attached hydrogens (tertiary/aromatic N) is 1. The number of hydrogen-bond acceptors (Lipinski definition) is 3. The van der Waals surface area contributed by atoms with Crippen LogP contribution >= 0.6 is 0 Å². The van der Waals surface area contributed by atoms with Crippen LogP contribution in [0.25, 0.3) is 0 Å². The van der Waals surface area contributed by atoms with Crippen LogP contribution < -0.4 is 10.1 Å². The molecule has 0 atom stereocenters. The van der Waals surface area contributed by atoms with Crippen LogP contribution in [-0.2, 0) is 13.0 Å². The first-order chi connectivity index (χ1) is 9.33. The summed E-state index contributed by atoms with van der Waals surface area (Å²) in [6.45, 7) is 5.93. The quantitative estimate of drug-likeness (QED) is 0.858. The molecule has 0 aliphatic heterocycles. The van der Waals surface area contributed by atoms with E-state index in [1.165, 1.54) is 5.56 Å². The van der Waals surface area contributed by atoms with Gasteiger partial charge in [-0.3, -0.25) is 0 Å². The third-order valence-electron chi connectivity index (χ3n) is 2.96. The van der Waals surface area contributed by atoms with Crippen LogP contribution in [0, 0.1) is 0 Å². The van der Waals surface area contributed by atoms with E-state index in [4.69, 9.17) is 4.74 Å². The molecule has 1 heterocycles. The summed E-state index contributed by atoms with van der Waals surface area (Å²) < 4.78 is 5.85. The van der Waals surface area contributed by atoms with Crippen LogP contribution in [0.4, 0.5) is 0 Å². The number of benzene rings is 1. The van der Waals surface area contributed by atoms with Crippen LogP contribution in [0.5, 0.6) is 11.6 Å². The fourth-order valence-electron chi connectivity index (χ4n) is 1.82. The maximum atomic E-state index is 5.85. The van der Waals surface area contributed by atoms with Gasteiger partial charge in [-0.1, -0.05) is 32.0 Å². The van der Waals surface area contributed by atoms with Crippen molar-refractivity contribution in [2.75, 3.05) is 6.54 Å². The van der Waals surface area contributed by atoms with Crippen molar-refractivity contribution in [2.24, 2.45) is 0 Å². The van der Waals surface area contributed by atoms with E-state index < -0.39 is 0 Å². The molecule has 0 fully saturated rings. The molecule has 0 spiro atoms. The summed E-state index contributed by atoms with van der Waals surface area (Å²) in [4.78, 5) is 4.31. The molecule has 1 aromatic heterocycles.